The largest absolute Gasteiger partial charge is 0.443 e. The molecule has 3 amide bonds. The van der Waals surface area contributed by atoms with Crippen LogP contribution in [0.4, 0.5) is 15.3 Å². The lowest BCUT2D eigenvalue weighted by atomic mass is 9.99. The number of benzene rings is 2. The number of urea groups is 1. The molecule has 29 heavy (non-hydrogen) atoms. The van der Waals surface area contributed by atoms with Crippen LogP contribution in [0.1, 0.15) is 30.0 Å². The Morgan fingerprint density at radius 1 is 1.07 bits per heavy atom. The zero-order chi connectivity index (χ0) is 20.0. The molecule has 7 heteroatoms. The fourth-order valence-electron chi connectivity index (χ4n) is 4.76. The predicted octanol–water partition coefficient (Wildman–Crippen LogP) is 4.56. The van der Waals surface area contributed by atoms with Crippen LogP contribution >= 0.6 is 15.9 Å². The number of fused-ring (bicyclic) bond motifs is 3. The van der Waals surface area contributed by atoms with E-state index in [-0.39, 0.29) is 30.3 Å². The summed E-state index contributed by atoms with van der Waals surface area (Å²) in [4.78, 5) is 29.0. The van der Waals surface area contributed by atoms with Crippen molar-refractivity contribution in [3.8, 4) is 0 Å². The molecular formula is C22H22BrN3O3. The highest BCUT2D eigenvalue weighted by molar-refractivity contribution is 9.10. The van der Waals surface area contributed by atoms with Gasteiger partial charge in [0.2, 0.25) is 0 Å². The second kappa shape index (κ2) is 7.37. The Hall–Kier alpha value is -2.54. The van der Waals surface area contributed by atoms with Crippen molar-refractivity contribution in [1.82, 2.24) is 9.80 Å². The number of amides is 3. The molecule has 2 heterocycles. The molecule has 1 aliphatic carbocycles. The summed E-state index contributed by atoms with van der Waals surface area (Å²) in [6.45, 7) is 1.23. The number of anilines is 1. The molecule has 2 fully saturated rings. The van der Waals surface area contributed by atoms with Crippen LogP contribution in [-0.4, -0.2) is 47.2 Å². The molecule has 6 nitrogen and oxygen atoms in total. The molecule has 0 radical (unpaired) electrons. The highest BCUT2D eigenvalue weighted by Gasteiger charge is 2.50. The molecule has 0 bridgehead atoms. The Morgan fingerprint density at radius 3 is 2.59 bits per heavy atom. The van der Waals surface area contributed by atoms with Crippen molar-refractivity contribution in [3.05, 3.63) is 64.1 Å². The lowest BCUT2D eigenvalue weighted by molar-refractivity contribution is 0.113. The fourth-order valence-corrected chi connectivity index (χ4v) is 5.14. The van der Waals surface area contributed by atoms with E-state index < -0.39 is 0 Å². The van der Waals surface area contributed by atoms with E-state index in [9.17, 15) is 9.59 Å². The minimum atomic E-state index is -0.217. The third-order valence-corrected chi connectivity index (χ3v) is 6.86. The number of carbonyl (C=O) groups is 2. The van der Waals surface area contributed by atoms with Gasteiger partial charge in [-0.15, -0.1) is 0 Å². The van der Waals surface area contributed by atoms with Crippen molar-refractivity contribution in [2.75, 3.05) is 18.4 Å². The maximum Gasteiger partial charge on any atom is 0.411 e. The van der Waals surface area contributed by atoms with Crippen LogP contribution in [0, 0.1) is 0 Å². The average Bonchev–Trinajstić information content (AvgIpc) is 3.24. The fraction of sp³-hybridized carbons (Fsp3) is 0.364. The van der Waals surface area contributed by atoms with E-state index in [1.165, 1.54) is 11.1 Å². The topological polar surface area (TPSA) is 61.9 Å². The quantitative estimate of drug-likeness (QED) is 0.721. The summed E-state index contributed by atoms with van der Waals surface area (Å²) in [6, 6.07) is 15.8. The Kier molecular flexibility index (Phi) is 4.70. The number of rotatable bonds is 2. The first kappa shape index (κ1) is 18.5. The second-order valence-corrected chi connectivity index (χ2v) is 8.66. The molecule has 0 saturated carbocycles. The number of hydrogen-bond donors (Lipinski definition) is 1. The highest BCUT2D eigenvalue weighted by atomic mass is 79.9. The van der Waals surface area contributed by atoms with E-state index in [4.69, 9.17) is 4.74 Å². The van der Waals surface area contributed by atoms with Crippen molar-refractivity contribution in [1.29, 1.82) is 0 Å². The number of piperidine rings is 1. The van der Waals surface area contributed by atoms with Gasteiger partial charge < -0.3 is 15.0 Å². The number of carbonyl (C=O) groups excluding carboxylic acids is 2. The summed E-state index contributed by atoms with van der Waals surface area (Å²) >= 11 is 3.46. The lowest BCUT2D eigenvalue weighted by Crippen LogP contribution is -2.48. The zero-order valence-electron chi connectivity index (χ0n) is 15.9. The molecule has 150 valence electrons. The van der Waals surface area contributed by atoms with Gasteiger partial charge in [0.15, 0.2) is 0 Å². The highest BCUT2D eigenvalue weighted by Crippen LogP contribution is 2.44. The van der Waals surface area contributed by atoms with Crippen molar-refractivity contribution in [2.24, 2.45) is 0 Å². The summed E-state index contributed by atoms with van der Waals surface area (Å²) in [7, 11) is 0. The van der Waals surface area contributed by atoms with Crippen molar-refractivity contribution in [2.45, 2.75) is 37.5 Å². The standard InChI is InChI=1S/C22H22BrN3O3/c23-17-7-3-4-8-18(17)24-21(27)25-11-9-15(10-12-25)26-20-16-6-2-1-5-14(16)13-19(20)29-22(26)28/h1-8,15,19-20H,9-13H2,(H,24,27). The van der Waals surface area contributed by atoms with Crippen LogP contribution < -0.4 is 5.32 Å². The molecule has 3 aliphatic rings. The molecule has 2 unspecified atom stereocenters. The van der Waals surface area contributed by atoms with Gasteiger partial charge in [-0.25, -0.2) is 9.59 Å². The number of ether oxygens (including phenoxy) is 1. The van der Waals surface area contributed by atoms with E-state index in [2.05, 4.69) is 33.4 Å². The first-order valence-electron chi connectivity index (χ1n) is 9.99. The van der Waals surface area contributed by atoms with Crippen LogP contribution in [0.5, 0.6) is 0 Å². The summed E-state index contributed by atoms with van der Waals surface area (Å²) in [5.74, 6) is 0. The summed E-state index contributed by atoms with van der Waals surface area (Å²) in [5, 5.41) is 2.96. The number of nitrogens with one attached hydrogen (secondary N) is 1. The number of hydrogen-bond acceptors (Lipinski definition) is 3. The Balaban J connectivity index is 1.25. The van der Waals surface area contributed by atoms with E-state index in [1.807, 2.05) is 46.2 Å². The minimum absolute atomic E-state index is 0.00403. The number of nitrogens with zero attached hydrogens (tertiary/aromatic N) is 2. The maximum absolute atomic E-state index is 12.6. The van der Waals surface area contributed by atoms with Gasteiger partial charge in [-0.2, -0.15) is 0 Å². The summed E-state index contributed by atoms with van der Waals surface area (Å²) in [5.41, 5.74) is 3.23. The number of halogens is 1. The van der Waals surface area contributed by atoms with Gasteiger partial charge in [-0.05, 0) is 52.0 Å². The molecule has 2 aromatic carbocycles. The first-order valence-corrected chi connectivity index (χ1v) is 10.8. The van der Waals surface area contributed by atoms with Gasteiger partial charge in [0, 0.05) is 30.0 Å². The van der Waals surface area contributed by atoms with Crippen LogP contribution in [0.2, 0.25) is 0 Å². The molecule has 1 N–H and O–H groups in total. The monoisotopic (exact) mass is 455 g/mol. The van der Waals surface area contributed by atoms with Gasteiger partial charge in [-0.3, -0.25) is 4.90 Å². The molecule has 2 atom stereocenters. The van der Waals surface area contributed by atoms with Gasteiger partial charge >= 0.3 is 12.1 Å². The van der Waals surface area contributed by atoms with Crippen LogP contribution in [0.15, 0.2) is 53.0 Å². The third kappa shape index (κ3) is 3.27. The molecule has 2 aromatic rings. The summed E-state index contributed by atoms with van der Waals surface area (Å²) in [6.07, 6.45) is 1.99. The van der Waals surface area contributed by atoms with Gasteiger partial charge in [0.1, 0.15) is 6.10 Å². The van der Waals surface area contributed by atoms with Gasteiger partial charge in [0.25, 0.3) is 0 Å². The first-order chi connectivity index (χ1) is 14.1. The average molecular weight is 456 g/mol. The van der Waals surface area contributed by atoms with E-state index in [0.29, 0.717) is 13.1 Å². The Morgan fingerprint density at radius 2 is 1.79 bits per heavy atom. The predicted molar refractivity (Wildman–Crippen MR) is 113 cm³/mol. The van der Waals surface area contributed by atoms with Crippen molar-refractivity contribution < 1.29 is 14.3 Å². The second-order valence-electron chi connectivity index (χ2n) is 7.81. The van der Waals surface area contributed by atoms with Crippen LogP contribution in [0.3, 0.4) is 0 Å². The number of likely N-dealkylation sites (tertiary alicyclic amines) is 1. The SMILES string of the molecule is O=C(Nc1ccccc1Br)N1CCC(N2C(=O)OC3Cc4ccccc4C32)CC1. The van der Waals surface area contributed by atoms with Gasteiger partial charge in [0.05, 0.1) is 11.7 Å². The van der Waals surface area contributed by atoms with Crippen LogP contribution in [-0.2, 0) is 11.2 Å². The van der Waals surface area contributed by atoms with Crippen LogP contribution in [0.25, 0.3) is 0 Å². The van der Waals surface area contributed by atoms with Crippen molar-refractivity contribution >= 4 is 33.7 Å². The van der Waals surface area contributed by atoms with Gasteiger partial charge in [-0.1, -0.05) is 36.4 Å². The molecule has 0 spiro atoms. The Labute approximate surface area is 177 Å². The van der Waals surface area contributed by atoms with E-state index >= 15 is 0 Å². The third-order valence-electron chi connectivity index (χ3n) is 6.17. The Bertz CT molecular complexity index is 958. The molecule has 2 aliphatic heterocycles. The molecule has 0 aromatic heterocycles. The van der Waals surface area contributed by atoms with Crippen molar-refractivity contribution in [3.63, 3.8) is 0 Å². The maximum atomic E-state index is 12.6. The molecule has 2 saturated heterocycles. The van der Waals surface area contributed by atoms with E-state index in [0.717, 1.165) is 29.4 Å². The zero-order valence-corrected chi connectivity index (χ0v) is 17.5. The molecule has 5 rings (SSSR count). The lowest BCUT2D eigenvalue weighted by Gasteiger charge is -2.37. The minimum Gasteiger partial charge on any atom is -0.443 e. The smallest absolute Gasteiger partial charge is 0.411 e. The summed E-state index contributed by atoms with van der Waals surface area (Å²) < 4.78 is 6.54. The normalized spacial score (nSPS) is 23.6. The molecular weight excluding hydrogens is 434 g/mol. The number of para-hydroxylation sites is 1. The van der Waals surface area contributed by atoms with E-state index in [1.54, 1.807) is 0 Å².